The third-order valence-corrected chi connectivity index (χ3v) is 11.5. The van der Waals surface area contributed by atoms with Crippen molar-refractivity contribution in [3.8, 4) is 22.4 Å². The Hall–Kier alpha value is -6.63. The molecule has 0 N–H and O–H groups in total. The largest absolute Gasteiger partial charge is 0.456 e. The van der Waals surface area contributed by atoms with Gasteiger partial charge >= 0.3 is 0 Å². The van der Waals surface area contributed by atoms with Crippen LogP contribution in [0.5, 0.6) is 0 Å². The molecule has 51 heavy (non-hydrogen) atoms. The van der Waals surface area contributed by atoms with E-state index >= 15 is 0 Å². The van der Waals surface area contributed by atoms with Crippen molar-refractivity contribution in [2.24, 2.45) is 0 Å². The average Bonchev–Trinajstić information content (AvgIpc) is 3.87. The van der Waals surface area contributed by atoms with Crippen LogP contribution in [0.25, 0.3) is 114 Å². The monoisotopic (exact) mass is 668 g/mol. The normalized spacial score (nSPS) is 12.3. The number of nitrogens with zero attached hydrogens (tertiary/aromatic N) is 4. The van der Waals surface area contributed by atoms with E-state index in [1.165, 1.54) is 30.9 Å². The van der Waals surface area contributed by atoms with Crippen molar-refractivity contribution in [1.29, 1.82) is 0 Å². The molecular weight excluding hydrogens is 645 g/mol. The molecule has 0 aliphatic heterocycles. The molecule has 0 radical (unpaired) electrons. The van der Waals surface area contributed by atoms with Gasteiger partial charge in [0.25, 0.3) is 0 Å². The van der Waals surface area contributed by atoms with Crippen molar-refractivity contribution in [2.45, 2.75) is 0 Å². The van der Waals surface area contributed by atoms with E-state index in [9.17, 15) is 0 Å². The maximum Gasteiger partial charge on any atom is 0.156 e. The molecule has 7 aromatic carbocycles. The van der Waals surface area contributed by atoms with E-state index in [-0.39, 0.29) is 0 Å². The van der Waals surface area contributed by atoms with Crippen LogP contribution in [0.4, 0.5) is 0 Å². The predicted molar refractivity (Wildman–Crippen MR) is 212 cm³/mol. The summed E-state index contributed by atoms with van der Waals surface area (Å²) in [6.45, 7) is 0. The molecule has 236 valence electrons. The zero-order chi connectivity index (χ0) is 33.2. The third kappa shape index (κ3) is 3.88. The lowest BCUT2D eigenvalue weighted by Crippen LogP contribution is -1.93. The maximum atomic E-state index is 6.14. The Labute approximate surface area is 293 Å². The van der Waals surface area contributed by atoms with E-state index in [0.717, 1.165) is 83.1 Å². The number of rotatable bonds is 2. The van der Waals surface area contributed by atoms with Crippen LogP contribution in [0.2, 0.25) is 0 Å². The number of hydrogen-bond donors (Lipinski definition) is 0. The van der Waals surface area contributed by atoms with Crippen molar-refractivity contribution in [2.75, 3.05) is 0 Å². The van der Waals surface area contributed by atoms with Gasteiger partial charge in [0.1, 0.15) is 11.2 Å². The molecule has 0 saturated heterocycles. The van der Waals surface area contributed by atoms with E-state index in [1.54, 1.807) is 0 Å². The standard InChI is InChI=1S/C45H24N4OS/c1-2-8-29-26(7-1)18-20-38-43(29)48-45-44-33(31-10-4-6-12-42(31)51-44)23-39(49(38)45)27-15-13-25(14-16-27)28-17-19-34-35(21-28)47-37-24-41-32(22-36(37)46-34)30-9-3-5-11-40(30)50-41/h1-24H. The molecular formula is C45H24N4OS. The molecule has 0 spiro atoms. The Balaban J connectivity index is 1.02. The molecule has 0 saturated carbocycles. The highest BCUT2D eigenvalue weighted by atomic mass is 32.1. The van der Waals surface area contributed by atoms with Crippen LogP contribution in [0, 0.1) is 0 Å². The van der Waals surface area contributed by atoms with Crippen molar-refractivity contribution >= 4 is 103 Å². The molecule has 5 heterocycles. The lowest BCUT2D eigenvalue weighted by Gasteiger charge is -2.11. The van der Waals surface area contributed by atoms with Gasteiger partial charge in [-0.3, -0.25) is 4.40 Å². The summed E-state index contributed by atoms with van der Waals surface area (Å²) in [5, 5.41) is 7.02. The van der Waals surface area contributed by atoms with Gasteiger partial charge in [0.2, 0.25) is 0 Å². The Kier molecular flexibility index (Phi) is 5.32. The molecule has 0 fully saturated rings. The zero-order valence-electron chi connectivity index (χ0n) is 27.0. The summed E-state index contributed by atoms with van der Waals surface area (Å²) in [7, 11) is 0. The van der Waals surface area contributed by atoms with Gasteiger partial charge in [-0.05, 0) is 64.5 Å². The molecule has 12 aromatic rings. The topological polar surface area (TPSA) is 56.2 Å². The molecule has 5 nitrogen and oxygen atoms in total. The molecule has 0 aliphatic carbocycles. The predicted octanol–water partition coefficient (Wildman–Crippen LogP) is 12.3. The second kappa shape index (κ2) is 9.97. The van der Waals surface area contributed by atoms with Crippen LogP contribution in [0.3, 0.4) is 0 Å². The van der Waals surface area contributed by atoms with Crippen molar-refractivity contribution in [1.82, 2.24) is 19.4 Å². The second-order valence-electron chi connectivity index (χ2n) is 13.2. The minimum absolute atomic E-state index is 0.822. The molecule has 0 unspecified atom stereocenters. The SMILES string of the molecule is c1ccc2c(c1)ccc1c2nc2c3sc4ccccc4c3cc(-c3ccc(-c4ccc5nc6cc7c(cc6nc5c4)oc4ccccc47)cc3)n12. The van der Waals surface area contributed by atoms with Crippen LogP contribution >= 0.6 is 11.3 Å². The van der Waals surface area contributed by atoms with E-state index in [0.29, 0.717) is 0 Å². The number of furan rings is 1. The quantitative estimate of drug-likeness (QED) is 0.172. The molecule has 5 aromatic heterocycles. The number of para-hydroxylation sites is 1. The summed E-state index contributed by atoms with van der Waals surface area (Å²) in [4.78, 5) is 15.4. The van der Waals surface area contributed by atoms with Crippen LogP contribution in [0.1, 0.15) is 0 Å². The highest BCUT2D eigenvalue weighted by Crippen LogP contribution is 2.42. The van der Waals surface area contributed by atoms with Gasteiger partial charge in [-0.25, -0.2) is 15.0 Å². The number of thiophene rings is 1. The smallest absolute Gasteiger partial charge is 0.156 e. The lowest BCUT2D eigenvalue weighted by atomic mass is 10.0. The fourth-order valence-corrected chi connectivity index (χ4v) is 9.07. The summed E-state index contributed by atoms with van der Waals surface area (Å²) >= 11 is 1.82. The van der Waals surface area contributed by atoms with E-state index in [1.807, 2.05) is 35.6 Å². The molecule has 0 amide bonds. The lowest BCUT2D eigenvalue weighted by molar-refractivity contribution is 0.669. The minimum Gasteiger partial charge on any atom is -0.456 e. The summed E-state index contributed by atoms with van der Waals surface area (Å²) in [6.07, 6.45) is 0. The first-order valence-electron chi connectivity index (χ1n) is 17.0. The highest BCUT2D eigenvalue weighted by Gasteiger charge is 2.19. The van der Waals surface area contributed by atoms with Gasteiger partial charge in [-0.15, -0.1) is 11.3 Å². The zero-order valence-corrected chi connectivity index (χ0v) is 27.8. The number of benzene rings is 7. The maximum absolute atomic E-state index is 6.14. The summed E-state index contributed by atoms with van der Waals surface area (Å²) in [5.74, 6) is 0. The van der Waals surface area contributed by atoms with Gasteiger partial charge in [-0.1, -0.05) is 97.1 Å². The molecule has 12 rings (SSSR count). The van der Waals surface area contributed by atoms with E-state index < -0.39 is 0 Å². The number of aromatic nitrogens is 4. The van der Waals surface area contributed by atoms with Gasteiger partial charge in [0.05, 0.1) is 43.5 Å². The van der Waals surface area contributed by atoms with Gasteiger partial charge in [0, 0.05) is 37.7 Å². The number of hydrogen-bond acceptors (Lipinski definition) is 5. The van der Waals surface area contributed by atoms with E-state index in [4.69, 9.17) is 19.4 Å². The second-order valence-corrected chi connectivity index (χ2v) is 14.3. The number of imidazole rings is 1. The van der Waals surface area contributed by atoms with Crippen molar-refractivity contribution in [3.63, 3.8) is 0 Å². The Morgan fingerprint density at radius 2 is 1.20 bits per heavy atom. The van der Waals surface area contributed by atoms with Crippen molar-refractivity contribution in [3.05, 3.63) is 146 Å². The summed E-state index contributed by atoms with van der Waals surface area (Å²) in [5.41, 5.74) is 12.7. The van der Waals surface area contributed by atoms with Crippen LogP contribution < -0.4 is 0 Å². The van der Waals surface area contributed by atoms with Crippen molar-refractivity contribution < 1.29 is 4.42 Å². The minimum atomic E-state index is 0.822. The number of pyridine rings is 1. The number of fused-ring (bicyclic) bond motifs is 14. The van der Waals surface area contributed by atoms with Gasteiger partial charge in [-0.2, -0.15) is 0 Å². The first-order valence-corrected chi connectivity index (χ1v) is 17.8. The van der Waals surface area contributed by atoms with Gasteiger partial charge in [0.15, 0.2) is 5.65 Å². The Morgan fingerprint density at radius 1 is 0.471 bits per heavy atom. The van der Waals surface area contributed by atoms with Gasteiger partial charge < -0.3 is 4.42 Å². The fraction of sp³-hybridized carbons (Fsp3) is 0. The highest BCUT2D eigenvalue weighted by molar-refractivity contribution is 7.26. The molecule has 0 aliphatic rings. The van der Waals surface area contributed by atoms with Crippen LogP contribution in [-0.2, 0) is 0 Å². The van der Waals surface area contributed by atoms with Crippen LogP contribution in [0.15, 0.2) is 150 Å². The van der Waals surface area contributed by atoms with E-state index in [2.05, 4.69) is 126 Å². The average molecular weight is 669 g/mol. The fourth-order valence-electron chi connectivity index (χ4n) is 7.90. The summed E-state index contributed by atoms with van der Waals surface area (Å²) < 4.78 is 11.0. The molecule has 6 heteroatoms. The molecule has 0 bridgehead atoms. The Bertz CT molecular complexity index is 3430. The summed E-state index contributed by atoms with van der Waals surface area (Å²) in [6, 6.07) is 51.4. The first-order chi connectivity index (χ1) is 25.2. The first kappa shape index (κ1) is 27.2. The third-order valence-electron chi connectivity index (χ3n) is 10.4. The molecule has 0 atom stereocenters. The Morgan fingerprint density at radius 3 is 2.12 bits per heavy atom. The van der Waals surface area contributed by atoms with Crippen LogP contribution in [-0.4, -0.2) is 19.4 Å².